The number of rotatable bonds is 12. The summed E-state index contributed by atoms with van der Waals surface area (Å²) in [6.45, 7) is 2.30. The van der Waals surface area contributed by atoms with Gasteiger partial charge in [0.25, 0.3) is 0 Å². The van der Waals surface area contributed by atoms with E-state index in [1.807, 2.05) is 0 Å². The van der Waals surface area contributed by atoms with E-state index in [2.05, 4.69) is 6.92 Å². The summed E-state index contributed by atoms with van der Waals surface area (Å²) in [5.41, 5.74) is 12.4. The molecule has 0 unspecified atom stereocenters. The van der Waals surface area contributed by atoms with E-state index in [1.165, 1.54) is 116 Å². The predicted octanol–water partition coefficient (Wildman–Crippen LogP) is 6.56. The van der Waals surface area contributed by atoms with Crippen molar-refractivity contribution < 1.29 is 0 Å². The number of nitrogens with two attached hydrogens (primary N) is 2. The van der Waals surface area contributed by atoms with Crippen molar-refractivity contribution in [2.45, 2.75) is 135 Å². The zero-order valence-electron chi connectivity index (χ0n) is 17.8. The van der Waals surface area contributed by atoms with Crippen LogP contribution in [0.4, 0.5) is 0 Å². The first-order valence-corrected chi connectivity index (χ1v) is 12.2. The Morgan fingerprint density at radius 2 is 0.962 bits per heavy atom. The number of hydrogen-bond acceptors (Lipinski definition) is 2. The van der Waals surface area contributed by atoms with Gasteiger partial charge in [-0.1, -0.05) is 64.7 Å². The van der Waals surface area contributed by atoms with Crippen molar-refractivity contribution in [3.05, 3.63) is 0 Å². The van der Waals surface area contributed by atoms with Crippen LogP contribution < -0.4 is 11.5 Å². The van der Waals surface area contributed by atoms with Gasteiger partial charge in [0.1, 0.15) is 0 Å². The molecule has 2 saturated carbocycles. The van der Waals surface area contributed by atoms with Gasteiger partial charge in [0.2, 0.25) is 0 Å². The molecule has 154 valence electrons. The highest BCUT2D eigenvalue weighted by molar-refractivity contribution is 4.86. The first kappa shape index (κ1) is 22.2. The topological polar surface area (TPSA) is 52.0 Å². The predicted molar refractivity (Wildman–Crippen MR) is 115 cm³/mol. The Bertz CT molecular complexity index is 305. The Kier molecular flexibility index (Phi) is 11.2. The molecule has 0 saturated heterocycles. The molecule has 0 spiro atoms. The van der Waals surface area contributed by atoms with Crippen LogP contribution in [0.15, 0.2) is 0 Å². The molecule has 0 heterocycles. The van der Waals surface area contributed by atoms with Gasteiger partial charge in [0.15, 0.2) is 0 Å². The molecule has 2 aliphatic carbocycles. The fraction of sp³-hybridized carbons (Fsp3) is 1.00. The van der Waals surface area contributed by atoms with Gasteiger partial charge in [-0.25, -0.2) is 0 Å². The summed E-state index contributed by atoms with van der Waals surface area (Å²) in [6, 6.07) is 0.971. The maximum atomic E-state index is 6.18. The molecule has 2 fully saturated rings. The lowest BCUT2D eigenvalue weighted by atomic mass is 9.67. The minimum atomic E-state index is 0.486. The van der Waals surface area contributed by atoms with E-state index < -0.39 is 0 Å². The Balaban J connectivity index is 1.67. The number of unbranched alkanes of at least 4 members (excludes halogenated alkanes) is 8. The largest absolute Gasteiger partial charge is 0.328 e. The van der Waals surface area contributed by atoms with Gasteiger partial charge in [-0.05, 0) is 75.5 Å². The molecule has 4 N–H and O–H groups in total. The van der Waals surface area contributed by atoms with Crippen molar-refractivity contribution in [3.8, 4) is 0 Å². The molecule has 2 rings (SSSR count). The van der Waals surface area contributed by atoms with Gasteiger partial charge >= 0.3 is 0 Å². The van der Waals surface area contributed by atoms with Crippen LogP contribution in [-0.4, -0.2) is 12.1 Å². The van der Waals surface area contributed by atoms with Crippen LogP contribution >= 0.6 is 0 Å². The molecule has 2 aliphatic rings. The second kappa shape index (κ2) is 13.2. The van der Waals surface area contributed by atoms with Crippen molar-refractivity contribution >= 4 is 0 Å². The molecule has 2 heteroatoms. The quantitative estimate of drug-likeness (QED) is 0.385. The first-order valence-electron chi connectivity index (χ1n) is 12.2. The highest BCUT2D eigenvalue weighted by Gasteiger charge is 2.33. The third-order valence-electron chi connectivity index (χ3n) is 7.49. The van der Waals surface area contributed by atoms with Crippen molar-refractivity contribution in [3.63, 3.8) is 0 Å². The molecule has 0 bridgehead atoms. The van der Waals surface area contributed by atoms with Gasteiger partial charge in [-0.3, -0.25) is 0 Å². The summed E-state index contributed by atoms with van der Waals surface area (Å²) >= 11 is 0. The molecular weight excluding hydrogens is 316 g/mol. The minimum absolute atomic E-state index is 0.486. The molecule has 0 aliphatic heterocycles. The lowest BCUT2D eigenvalue weighted by molar-refractivity contribution is 0.122. The Morgan fingerprint density at radius 3 is 1.38 bits per heavy atom. The molecule has 0 aromatic carbocycles. The van der Waals surface area contributed by atoms with E-state index in [4.69, 9.17) is 11.5 Å². The fourth-order valence-electron chi connectivity index (χ4n) is 5.69. The summed E-state index contributed by atoms with van der Waals surface area (Å²) in [5.74, 6) is 2.89. The van der Waals surface area contributed by atoms with E-state index in [1.54, 1.807) is 0 Å². The highest BCUT2D eigenvalue weighted by atomic mass is 14.6. The summed E-state index contributed by atoms with van der Waals surface area (Å²) in [5, 5.41) is 0. The number of hydrogen-bond donors (Lipinski definition) is 2. The van der Waals surface area contributed by atoms with Crippen molar-refractivity contribution in [2.24, 2.45) is 29.2 Å². The molecule has 0 radical (unpaired) electrons. The molecule has 0 aromatic rings. The van der Waals surface area contributed by atoms with Crippen LogP contribution in [0.5, 0.6) is 0 Å². The minimum Gasteiger partial charge on any atom is -0.328 e. The summed E-state index contributed by atoms with van der Waals surface area (Å²) in [7, 11) is 0. The van der Waals surface area contributed by atoms with Gasteiger partial charge < -0.3 is 11.5 Å². The average Bonchev–Trinajstić information content (AvgIpc) is 2.65. The maximum Gasteiger partial charge on any atom is 0.00390 e. The zero-order valence-corrected chi connectivity index (χ0v) is 17.8. The monoisotopic (exact) mass is 364 g/mol. The molecule has 26 heavy (non-hydrogen) atoms. The molecule has 0 atom stereocenters. The summed E-state index contributed by atoms with van der Waals surface area (Å²) < 4.78 is 0. The van der Waals surface area contributed by atoms with E-state index in [0.717, 1.165) is 17.8 Å². The average molecular weight is 365 g/mol. The van der Waals surface area contributed by atoms with Crippen molar-refractivity contribution in [1.29, 1.82) is 0 Å². The van der Waals surface area contributed by atoms with Crippen LogP contribution in [0, 0.1) is 17.8 Å². The second-order valence-corrected chi connectivity index (χ2v) is 9.63. The summed E-state index contributed by atoms with van der Waals surface area (Å²) in [6.07, 6.45) is 25.1. The fourth-order valence-corrected chi connectivity index (χ4v) is 5.69. The SMILES string of the molecule is CCCCCCCCCCCC(C1CCC(N)CC1)C1CCC(N)CC1. The Morgan fingerprint density at radius 1 is 0.577 bits per heavy atom. The normalized spacial score (nSPS) is 31.0. The van der Waals surface area contributed by atoms with Crippen LogP contribution in [0.1, 0.15) is 122 Å². The highest BCUT2D eigenvalue weighted by Crippen LogP contribution is 2.42. The van der Waals surface area contributed by atoms with Crippen LogP contribution in [0.3, 0.4) is 0 Å². The maximum absolute atomic E-state index is 6.18. The third kappa shape index (κ3) is 8.30. The lowest BCUT2D eigenvalue weighted by Gasteiger charge is -2.40. The molecular formula is C24H48N2. The first-order chi connectivity index (χ1) is 12.7. The smallest absolute Gasteiger partial charge is 0.00390 e. The van der Waals surface area contributed by atoms with Gasteiger partial charge in [0.05, 0.1) is 0 Å². The Labute approximate surface area is 164 Å². The molecule has 0 amide bonds. The summed E-state index contributed by atoms with van der Waals surface area (Å²) in [4.78, 5) is 0. The lowest BCUT2D eigenvalue weighted by Crippen LogP contribution is -2.35. The second-order valence-electron chi connectivity index (χ2n) is 9.63. The van der Waals surface area contributed by atoms with Gasteiger partial charge in [0, 0.05) is 12.1 Å². The van der Waals surface area contributed by atoms with E-state index in [9.17, 15) is 0 Å². The third-order valence-corrected chi connectivity index (χ3v) is 7.49. The van der Waals surface area contributed by atoms with Gasteiger partial charge in [-0.2, -0.15) is 0 Å². The van der Waals surface area contributed by atoms with E-state index in [0.29, 0.717) is 12.1 Å². The Hall–Kier alpha value is -0.0800. The van der Waals surface area contributed by atoms with E-state index >= 15 is 0 Å². The van der Waals surface area contributed by atoms with Crippen molar-refractivity contribution in [1.82, 2.24) is 0 Å². The van der Waals surface area contributed by atoms with Crippen LogP contribution in [0.25, 0.3) is 0 Å². The van der Waals surface area contributed by atoms with Gasteiger partial charge in [-0.15, -0.1) is 0 Å². The van der Waals surface area contributed by atoms with Crippen LogP contribution in [0.2, 0.25) is 0 Å². The van der Waals surface area contributed by atoms with Crippen LogP contribution in [-0.2, 0) is 0 Å². The standard InChI is InChI=1S/C24H48N2/c1-2-3-4-5-6-7-8-9-10-11-24(20-12-16-22(25)17-13-20)21-14-18-23(26)19-15-21/h20-24H,2-19,25-26H2,1H3. The molecule has 2 nitrogen and oxygen atoms in total. The zero-order chi connectivity index (χ0) is 18.6. The van der Waals surface area contributed by atoms with E-state index in [-0.39, 0.29) is 0 Å². The molecule has 0 aromatic heterocycles. The van der Waals surface area contributed by atoms with Crippen molar-refractivity contribution in [2.75, 3.05) is 0 Å².